The predicted molar refractivity (Wildman–Crippen MR) is 70.7 cm³/mol. The normalized spacial score (nSPS) is 11.2. The average Bonchev–Trinajstić information content (AvgIpc) is 2.34. The van der Waals surface area contributed by atoms with Crippen LogP contribution in [0.1, 0.15) is 5.56 Å². The fraction of sp³-hybridized carbons (Fsp3) is 0.0833. The highest BCUT2D eigenvalue weighted by Crippen LogP contribution is 2.22. The second kappa shape index (κ2) is 4.77. The molecule has 0 spiro atoms. The molecule has 0 fully saturated rings. The second-order valence-electron chi connectivity index (χ2n) is 4.00. The number of phenolic OH excluding ortho intramolecular Hbond substituents is 1. The first-order valence-electron chi connectivity index (χ1n) is 5.40. The summed E-state index contributed by atoms with van der Waals surface area (Å²) in [5, 5.41) is 9.52. The molecule has 1 aromatic carbocycles. The van der Waals surface area contributed by atoms with Crippen LogP contribution in [-0.4, -0.2) is 18.5 Å². The standard InChI is InChI=1S/C12H12N2O4S/c1-8-2-3-9(6-11(8)15)14-19(17,18)10-4-5-12(16)13-7-10/h2-7,14-15H,1H3,(H,13,16). The Balaban J connectivity index is 2.33. The number of rotatable bonds is 3. The molecule has 3 N–H and O–H groups in total. The quantitative estimate of drug-likeness (QED) is 0.786. The van der Waals surface area contributed by atoms with E-state index < -0.39 is 10.0 Å². The van der Waals surface area contributed by atoms with E-state index in [-0.39, 0.29) is 21.9 Å². The van der Waals surface area contributed by atoms with E-state index in [4.69, 9.17) is 0 Å². The van der Waals surface area contributed by atoms with Crippen LogP contribution in [0.15, 0.2) is 46.2 Å². The third kappa shape index (κ3) is 2.94. The molecule has 2 rings (SSSR count). The maximum absolute atomic E-state index is 12.0. The molecule has 0 bridgehead atoms. The number of anilines is 1. The second-order valence-corrected chi connectivity index (χ2v) is 5.68. The Morgan fingerprint density at radius 3 is 2.53 bits per heavy atom. The van der Waals surface area contributed by atoms with E-state index in [1.807, 2.05) is 0 Å². The van der Waals surface area contributed by atoms with Crippen LogP contribution in [0.2, 0.25) is 0 Å². The zero-order valence-electron chi connectivity index (χ0n) is 10.0. The van der Waals surface area contributed by atoms with Crippen molar-refractivity contribution in [3.05, 3.63) is 52.4 Å². The van der Waals surface area contributed by atoms with Crippen LogP contribution in [0.4, 0.5) is 5.69 Å². The zero-order chi connectivity index (χ0) is 14.0. The van der Waals surface area contributed by atoms with Gasteiger partial charge in [0.15, 0.2) is 0 Å². The number of hydrogen-bond acceptors (Lipinski definition) is 4. The van der Waals surface area contributed by atoms with Gasteiger partial charge in [-0.2, -0.15) is 0 Å². The van der Waals surface area contributed by atoms with Crippen LogP contribution in [0.3, 0.4) is 0 Å². The summed E-state index contributed by atoms with van der Waals surface area (Å²) in [5.74, 6) is 0.00155. The number of aryl methyl sites for hydroxylation is 1. The van der Waals surface area contributed by atoms with Gasteiger partial charge >= 0.3 is 0 Å². The van der Waals surface area contributed by atoms with Crippen molar-refractivity contribution in [1.29, 1.82) is 0 Å². The topological polar surface area (TPSA) is 99.3 Å². The summed E-state index contributed by atoms with van der Waals surface area (Å²) in [7, 11) is -3.79. The maximum atomic E-state index is 12.0. The molecule has 0 atom stereocenters. The van der Waals surface area contributed by atoms with E-state index in [0.29, 0.717) is 5.56 Å². The summed E-state index contributed by atoms with van der Waals surface area (Å²) in [5.41, 5.74) is 0.508. The number of benzene rings is 1. The van der Waals surface area contributed by atoms with Crippen molar-refractivity contribution in [2.45, 2.75) is 11.8 Å². The highest BCUT2D eigenvalue weighted by Gasteiger charge is 2.14. The lowest BCUT2D eigenvalue weighted by molar-refractivity contribution is 0.471. The zero-order valence-corrected chi connectivity index (χ0v) is 10.9. The molecule has 2 aromatic rings. The Morgan fingerprint density at radius 2 is 1.95 bits per heavy atom. The maximum Gasteiger partial charge on any atom is 0.263 e. The minimum absolute atomic E-state index is 0.00155. The lowest BCUT2D eigenvalue weighted by Gasteiger charge is -2.08. The van der Waals surface area contributed by atoms with Gasteiger partial charge in [-0.05, 0) is 24.6 Å². The molecular weight excluding hydrogens is 268 g/mol. The molecule has 0 aliphatic rings. The predicted octanol–water partition coefficient (Wildman–Crippen LogP) is 1.19. The number of aromatic nitrogens is 1. The summed E-state index contributed by atoms with van der Waals surface area (Å²) in [6.07, 6.45) is 1.11. The SMILES string of the molecule is Cc1ccc(NS(=O)(=O)c2ccc(=O)[nH]c2)cc1O. The first-order valence-corrected chi connectivity index (χ1v) is 6.88. The van der Waals surface area contributed by atoms with Gasteiger partial charge in [0.05, 0.1) is 5.69 Å². The number of hydrogen-bond donors (Lipinski definition) is 3. The summed E-state index contributed by atoms with van der Waals surface area (Å²) in [6.45, 7) is 1.70. The van der Waals surface area contributed by atoms with Crippen molar-refractivity contribution in [2.24, 2.45) is 0 Å². The van der Waals surface area contributed by atoms with Gasteiger partial charge in [0.25, 0.3) is 10.0 Å². The van der Waals surface area contributed by atoms with Gasteiger partial charge in [-0.25, -0.2) is 8.42 Å². The van der Waals surface area contributed by atoms with Gasteiger partial charge in [0.1, 0.15) is 10.6 Å². The first kappa shape index (κ1) is 13.2. The molecule has 7 heteroatoms. The fourth-order valence-electron chi connectivity index (χ4n) is 1.45. The monoisotopic (exact) mass is 280 g/mol. The Hall–Kier alpha value is -2.28. The molecule has 0 radical (unpaired) electrons. The number of aromatic hydroxyl groups is 1. The van der Waals surface area contributed by atoms with Crippen molar-refractivity contribution < 1.29 is 13.5 Å². The van der Waals surface area contributed by atoms with Gasteiger partial charge in [-0.3, -0.25) is 9.52 Å². The summed E-state index contributed by atoms with van der Waals surface area (Å²) >= 11 is 0. The molecule has 6 nitrogen and oxygen atoms in total. The van der Waals surface area contributed by atoms with Gasteiger partial charge in [0, 0.05) is 18.3 Å². The molecule has 0 unspecified atom stereocenters. The lowest BCUT2D eigenvalue weighted by atomic mass is 10.2. The number of H-pyrrole nitrogens is 1. The Bertz CT molecular complexity index is 745. The number of nitrogens with one attached hydrogen (secondary N) is 2. The van der Waals surface area contributed by atoms with E-state index in [0.717, 1.165) is 12.3 Å². The van der Waals surface area contributed by atoms with Crippen LogP contribution < -0.4 is 10.3 Å². The van der Waals surface area contributed by atoms with Crippen LogP contribution in [0.5, 0.6) is 5.75 Å². The summed E-state index contributed by atoms with van der Waals surface area (Å²) in [6, 6.07) is 6.79. The largest absolute Gasteiger partial charge is 0.508 e. The minimum Gasteiger partial charge on any atom is -0.508 e. The Kier molecular flexibility index (Phi) is 3.30. The number of sulfonamides is 1. The third-order valence-electron chi connectivity index (χ3n) is 2.53. The van der Waals surface area contributed by atoms with Crippen molar-refractivity contribution >= 4 is 15.7 Å². The molecule has 100 valence electrons. The summed E-state index contributed by atoms with van der Waals surface area (Å²) < 4.78 is 26.3. The highest BCUT2D eigenvalue weighted by molar-refractivity contribution is 7.92. The number of phenols is 1. The smallest absolute Gasteiger partial charge is 0.263 e. The molecule has 1 heterocycles. The Morgan fingerprint density at radius 1 is 1.21 bits per heavy atom. The Labute approximate surface area is 109 Å². The molecular formula is C12H12N2O4S. The van der Waals surface area contributed by atoms with Gasteiger partial charge < -0.3 is 10.1 Å². The number of aromatic amines is 1. The molecule has 0 saturated carbocycles. The molecule has 0 aliphatic carbocycles. The molecule has 0 aliphatic heterocycles. The lowest BCUT2D eigenvalue weighted by Crippen LogP contribution is -2.15. The van der Waals surface area contributed by atoms with Crippen molar-refractivity contribution in [3.63, 3.8) is 0 Å². The van der Waals surface area contributed by atoms with Crippen molar-refractivity contribution in [1.82, 2.24) is 4.98 Å². The van der Waals surface area contributed by atoms with Crippen LogP contribution in [-0.2, 0) is 10.0 Å². The molecule has 0 amide bonds. The highest BCUT2D eigenvalue weighted by atomic mass is 32.2. The van der Waals surface area contributed by atoms with Crippen LogP contribution in [0, 0.1) is 6.92 Å². The molecule has 19 heavy (non-hydrogen) atoms. The average molecular weight is 280 g/mol. The third-order valence-corrected chi connectivity index (χ3v) is 3.91. The molecule has 1 aromatic heterocycles. The fourth-order valence-corrected chi connectivity index (χ4v) is 2.47. The van der Waals surface area contributed by atoms with Crippen molar-refractivity contribution in [3.8, 4) is 5.75 Å². The van der Waals surface area contributed by atoms with E-state index in [9.17, 15) is 18.3 Å². The van der Waals surface area contributed by atoms with Gasteiger partial charge in [-0.1, -0.05) is 6.07 Å². The van der Waals surface area contributed by atoms with Crippen LogP contribution >= 0.6 is 0 Å². The van der Waals surface area contributed by atoms with E-state index in [1.54, 1.807) is 13.0 Å². The number of pyridine rings is 1. The van der Waals surface area contributed by atoms with E-state index >= 15 is 0 Å². The van der Waals surface area contributed by atoms with Gasteiger partial charge in [-0.15, -0.1) is 0 Å². The van der Waals surface area contributed by atoms with E-state index in [2.05, 4.69) is 9.71 Å². The van der Waals surface area contributed by atoms with Gasteiger partial charge in [0.2, 0.25) is 5.56 Å². The molecule has 0 saturated heterocycles. The first-order chi connectivity index (χ1) is 8.88. The minimum atomic E-state index is -3.79. The van der Waals surface area contributed by atoms with Crippen LogP contribution in [0.25, 0.3) is 0 Å². The van der Waals surface area contributed by atoms with E-state index in [1.165, 1.54) is 18.2 Å². The summed E-state index contributed by atoms with van der Waals surface area (Å²) in [4.78, 5) is 13.1. The van der Waals surface area contributed by atoms with Crippen molar-refractivity contribution in [2.75, 3.05) is 4.72 Å².